The molecule has 0 spiro atoms. The fourth-order valence-electron chi connectivity index (χ4n) is 3.52. The van der Waals surface area contributed by atoms with Crippen molar-refractivity contribution >= 4 is 11.7 Å². The summed E-state index contributed by atoms with van der Waals surface area (Å²) in [5.74, 6) is 0. The Hall–Kier alpha value is -2.28. The first kappa shape index (κ1) is 17.5. The molecule has 1 saturated heterocycles. The average molecular weight is 345 g/mol. The zero-order valence-corrected chi connectivity index (χ0v) is 15.2. The fraction of sp³-hybridized carbons (Fsp3) is 0.556. The van der Waals surface area contributed by atoms with Gasteiger partial charge in [0.1, 0.15) is 0 Å². The number of amides is 2. The minimum absolute atomic E-state index is 0.0503. The van der Waals surface area contributed by atoms with Gasteiger partial charge < -0.3 is 19.5 Å². The number of piperidine rings is 1. The summed E-state index contributed by atoms with van der Waals surface area (Å²) in [4.78, 5) is 14.4. The Morgan fingerprint density at radius 1 is 1.28 bits per heavy atom. The van der Waals surface area contributed by atoms with Crippen LogP contribution in [0.2, 0.25) is 0 Å². The van der Waals surface area contributed by atoms with Gasteiger partial charge in [0.2, 0.25) is 0 Å². The van der Waals surface area contributed by atoms with Crippen LogP contribution in [0.1, 0.15) is 30.3 Å². The molecule has 7 heteroatoms. The van der Waals surface area contributed by atoms with E-state index in [0.29, 0.717) is 19.2 Å². The largest absolute Gasteiger partial charge is 0.383 e. The zero-order chi connectivity index (χ0) is 17.8. The second-order valence-corrected chi connectivity index (χ2v) is 6.62. The van der Waals surface area contributed by atoms with E-state index in [-0.39, 0.29) is 6.03 Å². The van der Waals surface area contributed by atoms with E-state index < -0.39 is 0 Å². The molecule has 7 nitrogen and oxygen atoms in total. The molecule has 2 aromatic rings. The van der Waals surface area contributed by atoms with E-state index in [0.717, 1.165) is 31.6 Å². The highest BCUT2D eigenvalue weighted by molar-refractivity contribution is 5.89. The third-order valence-electron chi connectivity index (χ3n) is 4.85. The Bertz CT molecular complexity index is 693. The topological polar surface area (TPSA) is 64.3 Å². The molecule has 3 rings (SSSR count). The molecule has 3 heterocycles. The van der Waals surface area contributed by atoms with E-state index in [2.05, 4.69) is 41.0 Å². The van der Waals surface area contributed by atoms with Crippen LogP contribution >= 0.6 is 0 Å². The number of urea groups is 1. The third-order valence-corrected chi connectivity index (χ3v) is 4.85. The summed E-state index contributed by atoms with van der Waals surface area (Å²) in [6, 6.07) is 4.76. The number of aromatic nitrogens is 3. The summed E-state index contributed by atoms with van der Waals surface area (Å²) in [6.07, 6.45) is 5.47. The van der Waals surface area contributed by atoms with Gasteiger partial charge in [0, 0.05) is 43.8 Å². The van der Waals surface area contributed by atoms with Crippen molar-refractivity contribution in [3.8, 4) is 0 Å². The zero-order valence-electron chi connectivity index (χ0n) is 15.2. The van der Waals surface area contributed by atoms with E-state index in [4.69, 9.17) is 4.74 Å². The van der Waals surface area contributed by atoms with Gasteiger partial charge >= 0.3 is 6.03 Å². The van der Waals surface area contributed by atoms with E-state index in [1.807, 2.05) is 11.1 Å². The van der Waals surface area contributed by atoms with Gasteiger partial charge in [0.25, 0.3) is 0 Å². The first-order chi connectivity index (χ1) is 12.1. The van der Waals surface area contributed by atoms with Crippen molar-refractivity contribution < 1.29 is 9.53 Å². The van der Waals surface area contributed by atoms with Crippen molar-refractivity contribution in [3.05, 3.63) is 35.9 Å². The Balaban J connectivity index is 1.52. The molecule has 2 amide bonds. The molecular weight excluding hydrogens is 318 g/mol. The Labute approximate surface area is 148 Å². The van der Waals surface area contributed by atoms with Gasteiger partial charge in [0.05, 0.1) is 25.0 Å². The number of ether oxygens (including phenoxy) is 1. The summed E-state index contributed by atoms with van der Waals surface area (Å²) in [5.41, 5.74) is 3.31. The molecule has 25 heavy (non-hydrogen) atoms. The number of hydrogen-bond acceptors (Lipinski definition) is 3. The molecule has 0 saturated carbocycles. The van der Waals surface area contributed by atoms with Crippen LogP contribution in [-0.2, 0) is 11.3 Å². The number of nitrogens with one attached hydrogen (secondary N) is 1. The highest BCUT2D eigenvalue weighted by Crippen LogP contribution is 2.26. The van der Waals surface area contributed by atoms with Gasteiger partial charge in [-0.25, -0.2) is 4.79 Å². The van der Waals surface area contributed by atoms with Gasteiger partial charge in [-0.15, -0.1) is 0 Å². The molecule has 1 N–H and O–H groups in total. The number of nitrogens with zero attached hydrogens (tertiary/aromatic N) is 4. The second-order valence-electron chi connectivity index (χ2n) is 6.62. The van der Waals surface area contributed by atoms with Crippen molar-refractivity contribution in [2.24, 2.45) is 0 Å². The molecule has 0 atom stereocenters. The Kier molecular flexibility index (Phi) is 5.43. The summed E-state index contributed by atoms with van der Waals surface area (Å²) < 4.78 is 9.19. The number of hydrogen-bond donors (Lipinski definition) is 1. The van der Waals surface area contributed by atoms with Crippen LogP contribution in [0.15, 0.2) is 24.5 Å². The lowest BCUT2D eigenvalue weighted by molar-refractivity contribution is 0.183. The number of carbonyl (C=O) groups excluding carboxylic acids is 1. The maximum absolute atomic E-state index is 12.5. The van der Waals surface area contributed by atoms with Gasteiger partial charge in [-0.05, 0) is 38.8 Å². The van der Waals surface area contributed by atoms with Crippen LogP contribution in [0.3, 0.4) is 0 Å². The Morgan fingerprint density at radius 3 is 2.60 bits per heavy atom. The van der Waals surface area contributed by atoms with E-state index in [9.17, 15) is 4.79 Å². The average Bonchev–Trinajstić information content (AvgIpc) is 3.19. The number of anilines is 1. The summed E-state index contributed by atoms with van der Waals surface area (Å²) in [6.45, 7) is 7.10. The van der Waals surface area contributed by atoms with Crippen molar-refractivity contribution in [1.29, 1.82) is 0 Å². The maximum Gasteiger partial charge on any atom is 0.321 e. The van der Waals surface area contributed by atoms with Crippen molar-refractivity contribution in [2.75, 3.05) is 32.1 Å². The lowest BCUT2D eigenvalue weighted by Gasteiger charge is -2.34. The predicted octanol–water partition coefficient (Wildman–Crippen LogP) is 2.82. The van der Waals surface area contributed by atoms with Gasteiger partial charge in [-0.1, -0.05) is 0 Å². The maximum atomic E-state index is 12.5. The van der Waals surface area contributed by atoms with Crippen LogP contribution in [-0.4, -0.2) is 52.1 Å². The van der Waals surface area contributed by atoms with Crippen LogP contribution in [0.4, 0.5) is 10.5 Å². The van der Waals surface area contributed by atoms with Gasteiger partial charge in [-0.3, -0.25) is 4.68 Å². The summed E-state index contributed by atoms with van der Waals surface area (Å²) in [7, 11) is 1.66. The fourth-order valence-corrected chi connectivity index (χ4v) is 3.52. The van der Waals surface area contributed by atoms with Gasteiger partial charge in [-0.2, -0.15) is 5.10 Å². The number of rotatable bonds is 5. The lowest BCUT2D eigenvalue weighted by atomic mass is 10.0. The highest BCUT2D eigenvalue weighted by Gasteiger charge is 2.25. The molecule has 0 bridgehead atoms. The smallest absolute Gasteiger partial charge is 0.321 e. The second kappa shape index (κ2) is 7.74. The number of aryl methyl sites for hydroxylation is 2. The molecule has 0 aliphatic carbocycles. The van der Waals surface area contributed by atoms with Crippen molar-refractivity contribution in [1.82, 2.24) is 19.2 Å². The molecular formula is C18H27N5O2. The van der Waals surface area contributed by atoms with Crippen LogP contribution in [0, 0.1) is 13.8 Å². The number of likely N-dealkylation sites (tertiary alicyclic amines) is 1. The quantitative estimate of drug-likeness (QED) is 0.906. The molecule has 136 valence electrons. The third kappa shape index (κ3) is 4.04. The molecule has 0 unspecified atom stereocenters. The first-order valence-corrected chi connectivity index (χ1v) is 8.80. The molecule has 2 aromatic heterocycles. The normalized spacial score (nSPS) is 15.6. The van der Waals surface area contributed by atoms with E-state index >= 15 is 0 Å². The predicted molar refractivity (Wildman–Crippen MR) is 96.9 cm³/mol. The monoisotopic (exact) mass is 345 g/mol. The van der Waals surface area contributed by atoms with Crippen molar-refractivity contribution in [3.63, 3.8) is 0 Å². The number of methoxy groups -OCH3 is 1. The molecule has 1 fully saturated rings. The standard InChI is InChI=1S/C18H27N5O2/c1-14-4-5-15(2)23(14)17-6-8-21(9-7-17)18(24)20-16-12-19-22(13-16)10-11-25-3/h4-5,12-13,17H,6-11H2,1-3H3,(H,20,24). The van der Waals surface area contributed by atoms with Crippen LogP contribution in [0.25, 0.3) is 0 Å². The van der Waals surface area contributed by atoms with Crippen LogP contribution in [0.5, 0.6) is 0 Å². The van der Waals surface area contributed by atoms with E-state index in [1.165, 1.54) is 11.4 Å². The SMILES string of the molecule is COCCn1cc(NC(=O)N2CCC(n3c(C)ccc3C)CC2)cn1. The van der Waals surface area contributed by atoms with Crippen LogP contribution < -0.4 is 5.32 Å². The molecule has 0 aromatic carbocycles. The first-order valence-electron chi connectivity index (χ1n) is 8.80. The summed E-state index contributed by atoms with van der Waals surface area (Å²) in [5, 5.41) is 7.15. The molecule has 0 radical (unpaired) electrons. The lowest BCUT2D eigenvalue weighted by Crippen LogP contribution is -2.41. The molecule has 1 aliphatic rings. The summed E-state index contributed by atoms with van der Waals surface area (Å²) >= 11 is 0. The van der Waals surface area contributed by atoms with Crippen molar-refractivity contribution in [2.45, 2.75) is 39.3 Å². The minimum atomic E-state index is -0.0503. The van der Waals surface area contributed by atoms with E-state index in [1.54, 1.807) is 18.0 Å². The Morgan fingerprint density at radius 2 is 1.96 bits per heavy atom. The molecule has 1 aliphatic heterocycles. The highest BCUT2D eigenvalue weighted by atomic mass is 16.5. The van der Waals surface area contributed by atoms with Gasteiger partial charge in [0.15, 0.2) is 0 Å². The minimum Gasteiger partial charge on any atom is -0.383 e. The number of carbonyl (C=O) groups is 1.